The molecule has 0 saturated heterocycles. The third kappa shape index (κ3) is 5.37. The number of hydrogen-bond acceptors (Lipinski definition) is 8. The van der Waals surface area contributed by atoms with Gasteiger partial charge in [-0.2, -0.15) is 5.11 Å². The first-order valence-corrected chi connectivity index (χ1v) is 9.74. The van der Waals surface area contributed by atoms with Gasteiger partial charge in [-0.05, 0) is 55.3 Å². The maximum Gasteiger partial charge on any atom is 0.174 e. The van der Waals surface area contributed by atoms with Gasteiger partial charge >= 0.3 is 0 Å². The fraction of sp³-hybridized carbons (Fsp3) is 0.316. The lowest BCUT2D eigenvalue weighted by molar-refractivity contribution is 0.414. The zero-order valence-electron chi connectivity index (χ0n) is 16.3. The van der Waals surface area contributed by atoms with Gasteiger partial charge in [0.15, 0.2) is 6.40 Å². The molecule has 150 valence electrons. The molecular formula is C19H23N4O4S-. The second kappa shape index (κ2) is 10.5. The number of methoxy groups -OCH3 is 2. The van der Waals surface area contributed by atoms with Gasteiger partial charge in [0.25, 0.3) is 0 Å². The number of benzene rings is 2. The lowest BCUT2D eigenvalue weighted by Gasteiger charge is -2.24. The number of ether oxygens (including phenoxy) is 2. The molecule has 2 rings (SSSR count). The number of rotatable bonds is 9. The summed E-state index contributed by atoms with van der Waals surface area (Å²) in [5.41, 5.74) is 2.49. The molecule has 0 aliphatic rings. The molecule has 0 aromatic heterocycles. The maximum atomic E-state index is 10.9. The Hall–Kier alpha value is -2.78. The molecule has 9 heteroatoms. The lowest BCUT2D eigenvalue weighted by atomic mass is 10.2. The largest absolute Gasteiger partial charge is 0.768 e. The minimum absolute atomic E-state index is 0.189. The summed E-state index contributed by atoms with van der Waals surface area (Å²) >= 11 is -2.27. The van der Waals surface area contributed by atoms with E-state index in [0.717, 1.165) is 18.8 Å². The first-order valence-electron chi connectivity index (χ1n) is 8.67. The van der Waals surface area contributed by atoms with Crippen LogP contribution in [0.2, 0.25) is 0 Å². The Morgan fingerprint density at radius 2 is 1.75 bits per heavy atom. The van der Waals surface area contributed by atoms with Crippen LogP contribution in [-0.4, -0.2) is 42.5 Å². The SMILES string of the molecule is CCN(CC)c1cc(N=COC)c(N=Nc2ccc(S(=O)[O-])cc2)cc1OC. The Labute approximate surface area is 167 Å². The molecule has 0 fully saturated rings. The molecule has 0 aliphatic carbocycles. The molecule has 8 nitrogen and oxygen atoms in total. The van der Waals surface area contributed by atoms with Crippen LogP contribution in [0, 0.1) is 0 Å². The van der Waals surface area contributed by atoms with Gasteiger partial charge in [0.1, 0.15) is 11.4 Å². The fourth-order valence-electron chi connectivity index (χ4n) is 2.55. The van der Waals surface area contributed by atoms with Crippen molar-refractivity contribution in [1.82, 2.24) is 0 Å². The first-order chi connectivity index (χ1) is 13.5. The molecule has 0 spiro atoms. The van der Waals surface area contributed by atoms with E-state index in [2.05, 4.69) is 34.0 Å². The highest BCUT2D eigenvalue weighted by Crippen LogP contribution is 2.40. The molecule has 0 aliphatic heterocycles. The third-order valence-electron chi connectivity index (χ3n) is 3.98. The van der Waals surface area contributed by atoms with Crippen LogP contribution >= 0.6 is 0 Å². The topological polar surface area (TPSA) is 98.9 Å². The number of aliphatic imine (C=N–C) groups is 1. The van der Waals surface area contributed by atoms with Crippen LogP contribution in [0.3, 0.4) is 0 Å². The number of anilines is 1. The molecule has 2 aromatic rings. The number of hydrogen-bond donors (Lipinski definition) is 0. The van der Waals surface area contributed by atoms with Gasteiger partial charge in [-0.15, -0.1) is 5.11 Å². The number of nitrogens with zero attached hydrogens (tertiary/aromatic N) is 4. The van der Waals surface area contributed by atoms with E-state index in [1.54, 1.807) is 25.3 Å². The van der Waals surface area contributed by atoms with Gasteiger partial charge in [0, 0.05) is 24.1 Å². The molecule has 0 saturated carbocycles. The Bertz CT molecular complexity index is 865. The zero-order valence-corrected chi connectivity index (χ0v) is 17.1. The van der Waals surface area contributed by atoms with E-state index in [1.807, 2.05) is 6.07 Å². The van der Waals surface area contributed by atoms with E-state index in [1.165, 1.54) is 25.6 Å². The Morgan fingerprint density at radius 3 is 2.29 bits per heavy atom. The van der Waals surface area contributed by atoms with E-state index in [9.17, 15) is 8.76 Å². The molecule has 1 atom stereocenters. The quantitative estimate of drug-likeness (QED) is 0.266. The van der Waals surface area contributed by atoms with Crippen molar-refractivity contribution in [3.8, 4) is 5.75 Å². The minimum atomic E-state index is -2.27. The Balaban J connectivity index is 2.45. The minimum Gasteiger partial charge on any atom is -0.768 e. The van der Waals surface area contributed by atoms with Crippen molar-refractivity contribution in [3.05, 3.63) is 36.4 Å². The van der Waals surface area contributed by atoms with Crippen molar-refractivity contribution in [2.24, 2.45) is 15.2 Å². The molecule has 1 unspecified atom stereocenters. The summed E-state index contributed by atoms with van der Waals surface area (Å²) in [7, 11) is 3.12. The van der Waals surface area contributed by atoms with Gasteiger partial charge in [-0.3, -0.25) is 4.21 Å². The monoisotopic (exact) mass is 403 g/mol. The molecular weight excluding hydrogens is 380 g/mol. The third-order valence-corrected chi connectivity index (χ3v) is 4.64. The standard InChI is InChI=1S/C19H24N4O4S/c1-5-23(6-2)18-11-16(20-13-26-3)17(12-19(18)27-4)22-21-14-7-9-15(10-8-14)28(24)25/h7-13H,5-6H2,1-4H3,(H,24,25)/p-1. The summed E-state index contributed by atoms with van der Waals surface area (Å²) in [6.07, 6.45) is 1.32. The van der Waals surface area contributed by atoms with E-state index < -0.39 is 11.1 Å². The van der Waals surface area contributed by atoms with E-state index in [4.69, 9.17) is 9.47 Å². The summed E-state index contributed by atoms with van der Waals surface area (Å²) in [4.78, 5) is 6.63. The van der Waals surface area contributed by atoms with Gasteiger partial charge < -0.3 is 18.9 Å². The second-order valence-corrected chi connectivity index (χ2v) is 6.52. The van der Waals surface area contributed by atoms with E-state index in [0.29, 0.717) is 22.8 Å². The van der Waals surface area contributed by atoms with Crippen molar-refractivity contribution in [2.45, 2.75) is 18.7 Å². The van der Waals surface area contributed by atoms with Crippen LogP contribution < -0.4 is 9.64 Å². The van der Waals surface area contributed by atoms with Crippen molar-refractivity contribution in [1.29, 1.82) is 0 Å². The number of azo groups is 1. The molecule has 0 amide bonds. The first kappa shape index (κ1) is 21.5. The van der Waals surface area contributed by atoms with Crippen LogP contribution in [0.25, 0.3) is 0 Å². The van der Waals surface area contributed by atoms with Crippen LogP contribution in [0.5, 0.6) is 5.75 Å². The van der Waals surface area contributed by atoms with Gasteiger partial charge in [-0.25, -0.2) is 4.99 Å². The maximum absolute atomic E-state index is 10.9. The van der Waals surface area contributed by atoms with Crippen molar-refractivity contribution in [3.63, 3.8) is 0 Å². The highest BCUT2D eigenvalue weighted by molar-refractivity contribution is 7.79. The zero-order chi connectivity index (χ0) is 20.5. The van der Waals surface area contributed by atoms with Gasteiger partial charge in [-0.1, -0.05) is 0 Å². The van der Waals surface area contributed by atoms with Crippen molar-refractivity contribution >= 4 is 40.2 Å². The molecule has 0 heterocycles. The van der Waals surface area contributed by atoms with Crippen LogP contribution in [0.1, 0.15) is 13.8 Å². The molecule has 2 aromatic carbocycles. The summed E-state index contributed by atoms with van der Waals surface area (Å²) in [6, 6.07) is 9.72. The average Bonchev–Trinajstić information content (AvgIpc) is 2.72. The highest BCUT2D eigenvalue weighted by Gasteiger charge is 2.14. The lowest BCUT2D eigenvalue weighted by Crippen LogP contribution is -2.22. The van der Waals surface area contributed by atoms with Crippen LogP contribution in [0.15, 0.2) is 56.5 Å². The van der Waals surface area contributed by atoms with Crippen LogP contribution in [-0.2, 0) is 15.8 Å². The van der Waals surface area contributed by atoms with Crippen molar-refractivity contribution in [2.75, 3.05) is 32.2 Å². The molecule has 0 N–H and O–H groups in total. The van der Waals surface area contributed by atoms with Crippen LogP contribution in [0.4, 0.5) is 22.7 Å². The summed E-state index contributed by atoms with van der Waals surface area (Å²) in [5, 5.41) is 8.44. The average molecular weight is 403 g/mol. The smallest absolute Gasteiger partial charge is 0.174 e. The Kier molecular flexibility index (Phi) is 8.09. The molecule has 0 radical (unpaired) electrons. The van der Waals surface area contributed by atoms with E-state index in [-0.39, 0.29) is 4.90 Å². The second-order valence-electron chi connectivity index (χ2n) is 5.58. The van der Waals surface area contributed by atoms with Crippen molar-refractivity contribution < 1.29 is 18.2 Å². The summed E-state index contributed by atoms with van der Waals surface area (Å²) in [6.45, 7) is 5.75. The van der Waals surface area contributed by atoms with Gasteiger partial charge in [0.05, 0.1) is 31.3 Å². The van der Waals surface area contributed by atoms with Gasteiger partial charge in [0.2, 0.25) is 0 Å². The molecule has 0 bridgehead atoms. The fourth-order valence-corrected chi connectivity index (χ4v) is 2.91. The normalized spacial score (nSPS) is 12.5. The predicted molar refractivity (Wildman–Crippen MR) is 110 cm³/mol. The van der Waals surface area contributed by atoms with E-state index >= 15 is 0 Å². The Morgan fingerprint density at radius 1 is 1.07 bits per heavy atom. The predicted octanol–water partition coefficient (Wildman–Crippen LogP) is 4.50. The summed E-state index contributed by atoms with van der Waals surface area (Å²) in [5.74, 6) is 0.658. The summed E-state index contributed by atoms with van der Waals surface area (Å²) < 4.78 is 32.4. The highest BCUT2D eigenvalue weighted by atomic mass is 32.2. The molecule has 28 heavy (non-hydrogen) atoms.